The average molecular weight is 266 g/mol. The molecule has 2 heterocycles. The smallest absolute Gasteiger partial charge is 0.253 e. The lowest BCUT2D eigenvalue weighted by Gasteiger charge is -2.15. The van der Waals surface area contributed by atoms with E-state index < -0.39 is 0 Å². The largest absolute Gasteiger partial charge is 0.339 e. The molecule has 1 saturated heterocycles. The van der Waals surface area contributed by atoms with E-state index in [4.69, 9.17) is 0 Å². The third-order valence-electron chi connectivity index (χ3n) is 3.73. The van der Waals surface area contributed by atoms with Gasteiger partial charge < -0.3 is 4.90 Å². The summed E-state index contributed by atoms with van der Waals surface area (Å²) >= 11 is 0. The van der Waals surface area contributed by atoms with Gasteiger partial charge in [-0.15, -0.1) is 0 Å². The molecule has 0 unspecified atom stereocenters. The van der Waals surface area contributed by atoms with Crippen molar-refractivity contribution in [3.63, 3.8) is 0 Å². The molecular formula is C17H18N2O. The molecule has 1 aromatic heterocycles. The Bertz CT molecular complexity index is 613. The molecule has 3 nitrogen and oxygen atoms in total. The summed E-state index contributed by atoms with van der Waals surface area (Å²) in [5.41, 5.74) is 4.10. The summed E-state index contributed by atoms with van der Waals surface area (Å²) in [5.74, 6) is 0.149. The summed E-state index contributed by atoms with van der Waals surface area (Å²) in [5, 5.41) is 0. The van der Waals surface area contributed by atoms with E-state index in [1.54, 1.807) is 0 Å². The number of hydrogen-bond donors (Lipinski definition) is 0. The number of aromatic nitrogens is 1. The Balaban J connectivity index is 1.82. The van der Waals surface area contributed by atoms with Crippen LogP contribution >= 0.6 is 0 Å². The van der Waals surface area contributed by atoms with Crippen LogP contribution in [-0.4, -0.2) is 28.9 Å². The minimum absolute atomic E-state index is 0.149. The first-order chi connectivity index (χ1) is 9.74. The van der Waals surface area contributed by atoms with E-state index in [-0.39, 0.29) is 5.91 Å². The Kier molecular flexibility index (Phi) is 3.50. The zero-order chi connectivity index (χ0) is 13.9. The van der Waals surface area contributed by atoms with Gasteiger partial charge in [0.2, 0.25) is 0 Å². The van der Waals surface area contributed by atoms with Crippen molar-refractivity contribution in [1.29, 1.82) is 0 Å². The van der Waals surface area contributed by atoms with Gasteiger partial charge in [-0.25, -0.2) is 0 Å². The first-order valence-corrected chi connectivity index (χ1v) is 7.05. The predicted octanol–water partition coefficient (Wildman–Crippen LogP) is 3.29. The molecule has 0 spiro atoms. The molecule has 1 aliphatic heterocycles. The van der Waals surface area contributed by atoms with Gasteiger partial charge in [-0.2, -0.15) is 0 Å². The van der Waals surface area contributed by atoms with Crippen LogP contribution in [0.2, 0.25) is 0 Å². The van der Waals surface area contributed by atoms with Gasteiger partial charge in [0.15, 0.2) is 0 Å². The van der Waals surface area contributed by atoms with Crippen LogP contribution in [0.4, 0.5) is 0 Å². The maximum Gasteiger partial charge on any atom is 0.253 e. The normalized spacial score (nSPS) is 14.6. The summed E-state index contributed by atoms with van der Waals surface area (Å²) in [4.78, 5) is 18.4. The molecule has 1 aromatic carbocycles. The van der Waals surface area contributed by atoms with Gasteiger partial charge in [-0.05, 0) is 49.1 Å². The number of aryl methyl sites for hydroxylation is 1. The summed E-state index contributed by atoms with van der Waals surface area (Å²) < 4.78 is 0. The Morgan fingerprint density at radius 1 is 1.05 bits per heavy atom. The van der Waals surface area contributed by atoms with Crippen LogP contribution in [0.3, 0.4) is 0 Å². The highest BCUT2D eigenvalue weighted by molar-refractivity contribution is 5.94. The molecule has 1 amide bonds. The lowest BCUT2D eigenvalue weighted by Crippen LogP contribution is -2.27. The SMILES string of the molecule is Cc1cncc(-c2ccc(C(=O)N3CCCC3)cc2)c1. The van der Waals surface area contributed by atoms with Crippen LogP contribution in [0, 0.1) is 6.92 Å². The molecule has 0 aliphatic carbocycles. The van der Waals surface area contributed by atoms with Crippen molar-refractivity contribution >= 4 is 5.91 Å². The number of benzene rings is 1. The molecule has 0 bridgehead atoms. The minimum atomic E-state index is 0.149. The van der Waals surface area contributed by atoms with E-state index in [1.165, 1.54) is 0 Å². The van der Waals surface area contributed by atoms with Crippen molar-refractivity contribution in [2.45, 2.75) is 19.8 Å². The maximum atomic E-state index is 12.3. The van der Waals surface area contributed by atoms with E-state index in [9.17, 15) is 4.79 Å². The van der Waals surface area contributed by atoms with E-state index >= 15 is 0 Å². The summed E-state index contributed by atoms with van der Waals surface area (Å²) in [7, 11) is 0. The number of likely N-dealkylation sites (tertiary alicyclic amines) is 1. The number of carbonyl (C=O) groups is 1. The Morgan fingerprint density at radius 3 is 2.40 bits per heavy atom. The molecule has 3 rings (SSSR count). The first kappa shape index (κ1) is 12.9. The van der Waals surface area contributed by atoms with Gasteiger partial charge in [0.25, 0.3) is 5.91 Å². The fourth-order valence-electron chi connectivity index (χ4n) is 2.62. The molecule has 0 atom stereocenters. The van der Waals surface area contributed by atoms with E-state index in [0.29, 0.717) is 0 Å². The zero-order valence-corrected chi connectivity index (χ0v) is 11.7. The van der Waals surface area contributed by atoms with Crippen LogP contribution in [0.5, 0.6) is 0 Å². The highest BCUT2D eigenvalue weighted by Gasteiger charge is 2.19. The highest BCUT2D eigenvalue weighted by Crippen LogP contribution is 2.21. The van der Waals surface area contributed by atoms with Crippen LogP contribution < -0.4 is 0 Å². The fourth-order valence-corrected chi connectivity index (χ4v) is 2.62. The third kappa shape index (κ3) is 2.57. The van der Waals surface area contributed by atoms with Gasteiger partial charge in [0.05, 0.1) is 0 Å². The predicted molar refractivity (Wildman–Crippen MR) is 79.5 cm³/mol. The van der Waals surface area contributed by atoms with E-state index in [1.807, 2.05) is 48.5 Å². The number of nitrogens with zero attached hydrogens (tertiary/aromatic N) is 2. The topological polar surface area (TPSA) is 33.2 Å². The molecule has 0 radical (unpaired) electrons. The van der Waals surface area contributed by atoms with Gasteiger partial charge >= 0.3 is 0 Å². The summed E-state index contributed by atoms with van der Waals surface area (Å²) in [6, 6.07) is 9.93. The Hall–Kier alpha value is -2.16. The second-order valence-corrected chi connectivity index (χ2v) is 5.33. The van der Waals surface area contributed by atoms with Gasteiger partial charge in [0.1, 0.15) is 0 Å². The van der Waals surface area contributed by atoms with Crippen molar-refractivity contribution in [3.05, 3.63) is 53.9 Å². The van der Waals surface area contributed by atoms with E-state index in [0.717, 1.165) is 48.2 Å². The number of amides is 1. The van der Waals surface area contributed by atoms with Gasteiger partial charge in [0, 0.05) is 36.6 Å². The number of carbonyl (C=O) groups excluding carboxylic acids is 1. The van der Waals surface area contributed by atoms with Gasteiger partial charge in [-0.3, -0.25) is 9.78 Å². The van der Waals surface area contributed by atoms with Crippen molar-refractivity contribution < 1.29 is 4.79 Å². The lowest BCUT2D eigenvalue weighted by atomic mass is 10.0. The zero-order valence-electron chi connectivity index (χ0n) is 11.7. The van der Waals surface area contributed by atoms with Crippen LogP contribution in [0.25, 0.3) is 11.1 Å². The second kappa shape index (κ2) is 5.45. The molecular weight excluding hydrogens is 248 g/mol. The van der Waals surface area contributed by atoms with Crippen molar-refractivity contribution in [2.24, 2.45) is 0 Å². The standard InChI is InChI=1S/C17H18N2O/c1-13-10-16(12-18-11-13)14-4-6-15(7-5-14)17(20)19-8-2-3-9-19/h4-7,10-12H,2-3,8-9H2,1H3. The summed E-state index contributed by atoms with van der Waals surface area (Å²) in [6.07, 6.45) is 5.94. The quantitative estimate of drug-likeness (QED) is 0.835. The Morgan fingerprint density at radius 2 is 1.75 bits per heavy atom. The monoisotopic (exact) mass is 266 g/mol. The molecule has 20 heavy (non-hydrogen) atoms. The van der Waals surface area contributed by atoms with Crippen molar-refractivity contribution in [3.8, 4) is 11.1 Å². The lowest BCUT2D eigenvalue weighted by molar-refractivity contribution is 0.0793. The minimum Gasteiger partial charge on any atom is -0.339 e. The highest BCUT2D eigenvalue weighted by atomic mass is 16.2. The van der Waals surface area contributed by atoms with Crippen LogP contribution in [-0.2, 0) is 0 Å². The Labute approximate surface area is 119 Å². The van der Waals surface area contributed by atoms with Crippen LogP contribution in [0.1, 0.15) is 28.8 Å². The van der Waals surface area contributed by atoms with Crippen LogP contribution in [0.15, 0.2) is 42.7 Å². The fraction of sp³-hybridized carbons (Fsp3) is 0.294. The maximum absolute atomic E-state index is 12.3. The van der Waals surface area contributed by atoms with Crippen molar-refractivity contribution in [2.75, 3.05) is 13.1 Å². The second-order valence-electron chi connectivity index (χ2n) is 5.33. The molecule has 0 saturated carbocycles. The molecule has 3 heteroatoms. The molecule has 1 aliphatic rings. The number of hydrogen-bond acceptors (Lipinski definition) is 2. The van der Waals surface area contributed by atoms with Crippen molar-refractivity contribution in [1.82, 2.24) is 9.88 Å². The molecule has 0 N–H and O–H groups in total. The molecule has 2 aromatic rings. The van der Waals surface area contributed by atoms with Gasteiger partial charge in [-0.1, -0.05) is 12.1 Å². The number of rotatable bonds is 2. The third-order valence-corrected chi connectivity index (χ3v) is 3.73. The number of pyridine rings is 1. The average Bonchev–Trinajstić information content (AvgIpc) is 3.01. The summed E-state index contributed by atoms with van der Waals surface area (Å²) in [6.45, 7) is 3.81. The molecule has 102 valence electrons. The molecule has 1 fully saturated rings. The van der Waals surface area contributed by atoms with E-state index in [2.05, 4.69) is 11.1 Å². The first-order valence-electron chi connectivity index (χ1n) is 7.05.